The Morgan fingerprint density at radius 2 is 1.89 bits per heavy atom. The van der Waals surface area contributed by atoms with E-state index in [1.54, 1.807) is 14.2 Å². The average Bonchev–Trinajstić information content (AvgIpc) is 2.95. The summed E-state index contributed by atoms with van der Waals surface area (Å²) < 4.78 is 10.8. The van der Waals surface area contributed by atoms with Crippen LogP contribution in [0.25, 0.3) is 0 Å². The summed E-state index contributed by atoms with van der Waals surface area (Å²) in [5, 5.41) is -0.00921. The first-order valence-electron chi connectivity index (χ1n) is 7.03. The number of rotatable bonds is 5. The molecule has 106 valence electrons. The van der Waals surface area contributed by atoms with E-state index in [1.165, 1.54) is 25.7 Å². The van der Waals surface area contributed by atoms with Gasteiger partial charge in [-0.15, -0.1) is 11.6 Å². The fourth-order valence-electron chi connectivity index (χ4n) is 3.23. The lowest BCUT2D eigenvalue weighted by molar-refractivity contribution is 0.265. The van der Waals surface area contributed by atoms with Crippen molar-refractivity contribution in [2.75, 3.05) is 14.2 Å². The minimum atomic E-state index is -0.00921. The maximum absolute atomic E-state index is 6.85. The Balaban J connectivity index is 2.38. The Hall–Kier alpha value is -0.890. The second-order valence-corrected chi connectivity index (χ2v) is 5.83. The number of benzene rings is 1. The molecule has 3 heteroatoms. The number of alkyl halides is 1. The predicted molar refractivity (Wildman–Crippen MR) is 79.3 cm³/mol. The lowest BCUT2D eigenvalue weighted by atomic mass is 9.77. The highest BCUT2D eigenvalue weighted by molar-refractivity contribution is 6.21. The summed E-state index contributed by atoms with van der Waals surface area (Å²) in [6.45, 7) is 2.24. The van der Waals surface area contributed by atoms with Gasteiger partial charge in [0.05, 0.1) is 19.6 Å². The topological polar surface area (TPSA) is 18.5 Å². The molecule has 1 aliphatic carbocycles. The quantitative estimate of drug-likeness (QED) is 0.711. The third-order valence-electron chi connectivity index (χ3n) is 4.55. The molecule has 1 aromatic rings. The van der Waals surface area contributed by atoms with Gasteiger partial charge >= 0.3 is 0 Å². The predicted octanol–water partition coefficient (Wildman–Crippen LogP) is 4.95. The Bertz CT molecular complexity index is 425. The van der Waals surface area contributed by atoms with Gasteiger partial charge in [-0.3, -0.25) is 0 Å². The molecule has 1 unspecified atom stereocenters. The van der Waals surface area contributed by atoms with Gasteiger partial charge in [0.1, 0.15) is 11.5 Å². The minimum Gasteiger partial charge on any atom is -0.497 e. The van der Waals surface area contributed by atoms with E-state index in [2.05, 4.69) is 6.92 Å². The van der Waals surface area contributed by atoms with Crippen LogP contribution >= 0.6 is 11.6 Å². The van der Waals surface area contributed by atoms with Crippen LogP contribution in [0.4, 0.5) is 0 Å². The van der Waals surface area contributed by atoms with Gasteiger partial charge in [0, 0.05) is 5.56 Å². The Labute approximate surface area is 121 Å². The lowest BCUT2D eigenvalue weighted by Gasteiger charge is -2.34. The molecule has 0 heterocycles. The highest BCUT2D eigenvalue weighted by Gasteiger charge is 2.40. The maximum atomic E-state index is 6.85. The third-order valence-corrected chi connectivity index (χ3v) is 5.25. The normalized spacial score (nSPS) is 19.2. The van der Waals surface area contributed by atoms with E-state index in [0.717, 1.165) is 23.5 Å². The number of halogens is 1. The van der Waals surface area contributed by atoms with Gasteiger partial charge in [0.15, 0.2) is 0 Å². The minimum absolute atomic E-state index is 0.00921. The van der Waals surface area contributed by atoms with E-state index < -0.39 is 0 Å². The van der Waals surface area contributed by atoms with E-state index in [0.29, 0.717) is 0 Å². The molecule has 0 N–H and O–H groups in total. The summed E-state index contributed by atoms with van der Waals surface area (Å²) in [6.07, 6.45) is 6.09. The molecule has 1 fully saturated rings. The number of hydrogen-bond acceptors (Lipinski definition) is 2. The largest absolute Gasteiger partial charge is 0.497 e. The molecule has 2 rings (SSSR count). The van der Waals surface area contributed by atoms with E-state index in [9.17, 15) is 0 Å². The van der Waals surface area contributed by atoms with E-state index in [-0.39, 0.29) is 10.8 Å². The molecule has 0 radical (unpaired) electrons. The zero-order valence-corrected chi connectivity index (χ0v) is 12.8. The first kappa shape index (κ1) is 14.5. The summed E-state index contributed by atoms with van der Waals surface area (Å²) in [5.41, 5.74) is 1.27. The summed E-state index contributed by atoms with van der Waals surface area (Å²) in [7, 11) is 3.38. The highest BCUT2D eigenvalue weighted by Crippen LogP contribution is 2.55. The molecular weight excluding hydrogens is 260 g/mol. The Kier molecular flexibility index (Phi) is 4.62. The molecule has 1 atom stereocenters. The summed E-state index contributed by atoms with van der Waals surface area (Å²) in [5.74, 6) is 1.70. The zero-order valence-electron chi connectivity index (χ0n) is 12.0. The molecule has 19 heavy (non-hydrogen) atoms. The van der Waals surface area contributed by atoms with E-state index in [4.69, 9.17) is 21.1 Å². The lowest BCUT2D eigenvalue weighted by Crippen LogP contribution is -2.22. The van der Waals surface area contributed by atoms with Crippen LogP contribution in [-0.4, -0.2) is 14.2 Å². The van der Waals surface area contributed by atoms with Gasteiger partial charge in [-0.25, -0.2) is 0 Å². The zero-order chi connectivity index (χ0) is 13.9. The SMILES string of the molecule is CCC1(C(Cl)c2cc(OC)ccc2OC)CCCC1. The van der Waals surface area contributed by atoms with Gasteiger partial charge in [-0.05, 0) is 42.9 Å². The molecule has 0 saturated heterocycles. The van der Waals surface area contributed by atoms with Crippen molar-refractivity contribution in [2.24, 2.45) is 5.41 Å². The Morgan fingerprint density at radius 1 is 1.21 bits per heavy atom. The monoisotopic (exact) mass is 282 g/mol. The van der Waals surface area contributed by atoms with E-state index in [1.807, 2.05) is 18.2 Å². The third kappa shape index (κ3) is 2.69. The van der Waals surface area contributed by atoms with Gasteiger partial charge in [0.25, 0.3) is 0 Å². The van der Waals surface area contributed by atoms with Crippen LogP contribution in [0.3, 0.4) is 0 Å². The van der Waals surface area contributed by atoms with Crippen LogP contribution in [-0.2, 0) is 0 Å². The first-order chi connectivity index (χ1) is 9.16. The van der Waals surface area contributed by atoms with Crippen molar-refractivity contribution in [3.8, 4) is 11.5 Å². The molecule has 0 aliphatic heterocycles. The standard InChI is InChI=1S/C16H23ClO2/c1-4-16(9-5-6-10-16)15(17)13-11-12(18-2)7-8-14(13)19-3/h7-8,11,15H,4-6,9-10H2,1-3H3. The van der Waals surface area contributed by atoms with Crippen LogP contribution in [0.1, 0.15) is 50.0 Å². The van der Waals surface area contributed by atoms with Crippen molar-refractivity contribution in [3.05, 3.63) is 23.8 Å². The number of hydrogen-bond donors (Lipinski definition) is 0. The van der Waals surface area contributed by atoms with Crippen molar-refractivity contribution in [3.63, 3.8) is 0 Å². The van der Waals surface area contributed by atoms with Crippen LogP contribution in [0.15, 0.2) is 18.2 Å². The molecule has 0 amide bonds. The fraction of sp³-hybridized carbons (Fsp3) is 0.625. The van der Waals surface area contributed by atoms with Crippen LogP contribution in [0.2, 0.25) is 0 Å². The van der Waals surface area contributed by atoms with Gasteiger partial charge < -0.3 is 9.47 Å². The van der Waals surface area contributed by atoms with Crippen LogP contribution < -0.4 is 9.47 Å². The second kappa shape index (κ2) is 6.04. The van der Waals surface area contributed by atoms with Crippen molar-refractivity contribution in [2.45, 2.75) is 44.4 Å². The van der Waals surface area contributed by atoms with Crippen molar-refractivity contribution in [1.82, 2.24) is 0 Å². The van der Waals surface area contributed by atoms with E-state index >= 15 is 0 Å². The summed E-state index contributed by atoms with van der Waals surface area (Å²) >= 11 is 6.85. The number of ether oxygens (including phenoxy) is 2. The summed E-state index contributed by atoms with van der Waals surface area (Å²) in [6, 6.07) is 5.88. The van der Waals surface area contributed by atoms with Crippen LogP contribution in [0, 0.1) is 5.41 Å². The molecule has 0 aromatic heterocycles. The van der Waals surface area contributed by atoms with Crippen molar-refractivity contribution < 1.29 is 9.47 Å². The fourth-order valence-corrected chi connectivity index (χ4v) is 3.78. The molecule has 1 aromatic carbocycles. The number of methoxy groups -OCH3 is 2. The Morgan fingerprint density at radius 3 is 2.42 bits per heavy atom. The second-order valence-electron chi connectivity index (χ2n) is 5.39. The molecule has 1 aliphatic rings. The van der Waals surface area contributed by atoms with Gasteiger partial charge in [0.2, 0.25) is 0 Å². The molecule has 2 nitrogen and oxygen atoms in total. The van der Waals surface area contributed by atoms with Crippen molar-refractivity contribution >= 4 is 11.6 Å². The van der Waals surface area contributed by atoms with Crippen LogP contribution in [0.5, 0.6) is 11.5 Å². The maximum Gasteiger partial charge on any atom is 0.123 e. The van der Waals surface area contributed by atoms with Gasteiger partial charge in [-0.2, -0.15) is 0 Å². The van der Waals surface area contributed by atoms with Crippen molar-refractivity contribution in [1.29, 1.82) is 0 Å². The molecule has 1 saturated carbocycles. The highest BCUT2D eigenvalue weighted by atomic mass is 35.5. The first-order valence-corrected chi connectivity index (χ1v) is 7.46. The van der Waals surface area contributed by atoms with Gasteiger partial charge in [-0.1, -0.05) is 19.8 Å². The average molecular weight is 283 g/mol. The summed E-state index contributed by atoms with van der Waals surface area (Å²) in [4.78, 5) is 0. The molecule has 0 bridgehead atoms. The molecule has 0 spiro atoms. The smallest absolute Gasteiger partial charge is 0.123 e. The molecular formula is C16H23ClO2.